The van der Waals surface area contributed by atoms with E-state index in [1.54, 1.807) is 6.20 Å². The topological polar surface area (TPSA) is 77.5 Å². The van der Waals surface area contributed by atoms with Crippen molar-refractivity contribution in [3.8, 4) is 0 Å². The van der Waals surface area contributed by atoms with E-state index in [-0.39, 0.29) is 17.0 Å². The van der Waals surface area contributed by atoms with E-state index in [1.165, 1.54) is 35.3 Å². The number of hydrogen-bond donors (Lipinski definition) is 0. The van der Waals surface area contributed by atoms with Gasteiger partial charge in [0.2, 0.25) is 0 Å². The molecule has 1 aliphatic carbocycles. The van der Waals surface area contributed by atoms with Crippen molar-refractivity contribution in [3.63, 3.8) is 0 Å². The second-order valence-corrected chi connectivity index (χ2v) is 6.98. The van der Waals surface area contributed by atoms with E-state index >= 15 is 0 Å². The Balaban J connectivity index is 1.98. The van der Waals surface area contributed by atoms with Gasteiger partial charge in [0.1, 0.15) is 5.49 Å². The zero-order valence-electron chi connectivity index (χ0n) is 13.5. The predicted molar refractivity (Wildman–Crippen MR) is 92.3 cm³/mol. The molecule has 0 radical (unpaired) electrons. The summed E-state index contributed by atoms with van der Waals surface area (Å²) in [5, 5.41) is 12.3. The number of rotatable bonds is 3. The Bertz CT molecular complexity index is 832. The van der Waals surface area contributed by atoms with E-state index in [0.29, 0.717) is 11.1 Å². The highest BCUT2D eigenvalue weighted by Crippen LogP contribution is 2.23. The number of thiophene rings is 1. The van der Waals surface area contributed by atoms with Crippen LogP contribution in [-0.2, 0) is 0 Å². The highest BCUT2D eigenvalue weighted by atomic mass is 32.1. The third kappa shape index (κ3) is 3.62. The highest BCUT2D eigenvalue weighted by Gasteiger charge is 2.18. The number of nitro groups is 1. The quantitative estimate of drug-likeness (QED) is 0.629. The van der Waals surface area contributed by atoms with Crippen LogP contribution in [0.15, 0.2) is 34.8 Å². The molecule has 2 heterocycles. The van der Waals surface area contributed by atoms with Crippen LogP contribution in [0.1, 0.15) is 48.0 Å². The van der Waals surface area contributed by atoms with Gasteiger partial charge in [-0.15, -0.1) is 0 Å². The lowest BCUT2D eigenvalue weighted by atomic mass is 9.96. The summed E-state index contributed by atoms with van der Waals surface area (Å²) >= 11 is 0.961. The summed E-state index contributed by atoms with van der Waals surface area (Å²) in [6, 6.07) is 5.31. The third-order valence-corrected chi connectivity index (χ3v) is 5.09. The van der Waals surface area contributed by atoms with Gasteiger partial charge >= 0.3 is 5.00 Å². The molecule has 7 heteroatoms. The second-order valence-electron chi connectivity index (χ2n) is 6.09. The number of hydrogen-bond acceptors (Lipinski definition) is 5. The van der Waals surface area contributed by atoms with Gasteiger partial charge in [0.25, 0.3) is 5.91 Å². The standard InChI is InChI=1S/C17H19N3O3S/c1-12-7-8-19(15(9-12)18-14-5-3-2-4-6-14)17(21)13-10-16(20(22)23)24-11-13/h7-11,14H,2-6H2,1H3. The molecule has 0 unspecified atom stereocenters. The Labute approximate surface area is 143 Å². The van der Waals surface area contributed by atoms with E-state index in [4.69, 9.17) is 4.99 Å². The van der Waals surface area contributed by atoms with Crippen molar-refractivity contribution in [2.45, 2.75) is 45.1 Å². The maximum atomic E-state index is 12.7. The second kappa shape index (κ2) is 7.09. The Morgan fingerprint density at radius 1 is 1.33 bits per heavy atom. The van der Waals surface area contributed by atoms with Gasteiger partial charge in [-0.3, -0.25) is 24.5 Å². The minimum absolute atomic E-state index is 0.0307. The van der Waals surface area contributed by atoms with Crippen LogP contribution < -0.4 is 5.49 Å². The normalized spacial score (nSPS) is 16.3. The Kier molecular flexibility index (Phi) is 4.89. The highest BCUT2D eigenvalue weighted by molar-refractivity contribution is 7.13. The van der Waals surface area contributed by atoms with Crippen LogP contribution in [0.5, 0.6) is 0 Å². The molecule has 0 saturated heterocycles. The van der Waals surface area contributed by atoms with Crippen molar-refractivity contribution in [1.29, 1.82) is 0 Å². The van der Waals surface area contributed by atoms with Crippen LogP contribution in [0.4, 0.5) is 5.00 Å². The summed E-state index contributed by atoms with van der Waals surface area (Å²) < 4.78 is 1.49. The first-order chi connectivity index (χ1) is 11.5. The van der Waals surface area contributed by atoms with Gasteiger partial charge in [0.15, 0.2) is 0 Å². The van der Waals surface area contributed by atoms with Gasteiger partial charge in [-0.05, 0) is 37.5 Å². The fraction of sp³-hybridized carbons (Fsp3) is 0.412. The molecule has 126 valence electrons. The predicted octanol–water partition coefficient (Wildman–Crippen LogP) is 3.69. The number of pyridine rings is 1. The zero-order valence-corrected chi connectivity index (χ0v) is 14.3. The van der Waals surface area contributed by atoms with E-state index in [2.05, 4.69) is 0 Å². The first-order valence-corrected chi connectivity index (χ1v) is 8.93. The molecule has 0 atom stereocenters. The molecular weight excluding hydrogens is 326 g/mol. The number of aromatic nitrogens is 1. The minimum atomic E-state index is -0.478. The van der Waals surface area contributed by atoms with Crippen LogP contribution in [0.3, 0.4) is 0 Å². The summed E-state index contributed by atoms with van der Waals surface area (Å²) in [7, 11) is 0. The number of carbonyl (C=O) groups excluding carboxylic acids is 1. The van der Waals surface area contributed by atoms with Crippen molar-refractivity contribution in [1.82, 2.24) is 4.57 Å². The Hall–Kier alpha value is -2.28. The number of carbonyl (C=O) groups is 1. The van der Waals surface area contributed by atoms with Crippen molar-refractivity contribution in [3.05, 3.63) is 56.5 Å². The zero-order chi connectivity index (χ0) is 17.1. The summed E-state index contributed by atoms with van der Waals surface area (Å²) in [4.78, 5) is 27.9. The summed E-state index contributed by atoms with van der Waals surface area (Å²) in [5.74, 6) is -0.283. The summed E-state index contributed by atoms with van der Waals surface area (Å²) in [5.41, 5.74) is 1.98. The average Bonchev–Trinajstić information content (AvgIpc) is 3.06. The van der Waals surface area contributed by atoms with Crippen LogP contribution >= 0.6 is 11.3 Å². The maximum absolute atomic E-state index is 12.7. The number of nitrogens with zero attached hydrogens (tertiary/aromatic N) is 3. The largest absolute Gasteiger partial charge is 0.324 e. The van der Waals surface area contributed by atoms with Gasteiger partial charge in [0, 0.05) is 17.6 Å². The first kappa shape index (κ1) is 16.6. The van der Waals surface area contributed by atoms with Crippen molar-refractivity contribution in [2.75, 3.05) is 0 Å². The molecule has 3 rings (SSSR count). The smallest absolute Gasteiger partial charge is 0.268 e. The molecule has 1 saturated carbocycles. The third-order valence-electron chi connectivity index (χ3n) is 4.21. The molecule has 24 heavy (non-hydrogen) atoms. The Morgan fingerprint density at radius 3 is 2.75 bits per heavy atom. The fourth-order valence-electron chi connectivity index (χ4n) is 2.93. The lowest BCUT2D eigenvalue weighted by Crippen LogP contribution is -2.29. The van der Waals surface area contributed by atoms with Crippen LogP contribution in [0.25, 0.3) is 0 Å². The van der Waals surface area contributed by atoms with Crippen LogP contribution in [-0.4, -0.2) is 21.4 Å². The minimum Gasteiger partial charge on any atom is -0.268 e. The van der Waals surface area contributed by atoms with Crippen molar-refractivity contribution in [2.24, 2.45) is 4.99 Å². The van der Waals surface area contributed by atoms with Gasteiger partial charge in [-0.25, -0.2) is 0 Å². The Morgan fingerprint density at radius 2 is 2.08 bits per heavy atom. The lowest BCUT2D eigenvalue weighted by Gasteiger charge is -2.18. The number of aryl methyl sites for hydroxylation is 1. The molecule has 0 N–H and O–H groups in total. The monoisotopic (exact) mass is 345 g/mol. The molecular formula is C17H19N3O3S. The molecule has 0 spiro atoms. The molecule has 2 aromatic heterocycles. The molecule has 0 aromatic carbocycles. The van der Waals surface area contributed by atoms with Crippen molar-refractivity contribution < 1.29 is 9.72 Å². The maximum Gasteiger partial charge on any atom is 0.324 e. The van der Waals surface area contributed by atoms with E-state index in [9.17, 15) is 14.9 Å². The van der Waals surface area contributed by atoms with Gasteiger partial charge in [-0.2, -0.15) is 0 Å². The summed E-state index contributed by atoms with van der Waals surface area (Å²) in [6.07, 6.45) is 7.38. The van der Waals surface area contributed by atoms with Gasteiger partial charge in [0.05, 0.1) is 16.5 Å². The molecule has 0 bridgehead atoms. The molecule has 1 fully saturated rings. The van der Waals surface area contributed by atoms with Gasteiger partial charge < -0.3 is 0 Å². The SMILES string of the molecule is Cc1ccn(C(=O)c2csc([N+](=O)[O-])c2)c(=NC2CCCCC2)c1. The molecule has 6 nitrogen and oxygen atoms in total. The van der Waals surface area contributed by atoms with Crippen LogP contribution in [0.2, 0.25) is 0 Å². The van der Waals surface area contributed by atoms with Crippen molar-refractivity contribution >= 4 is 22.2 Å². The molecule has 0 amide bonds. The van der Waals surface area contributed by atoms with Crippen LogP contribution in [0, 0.1) is 17.0 Å². The molecule has 0 aliphatic heterocycles. The average molecular weight is 345 g/mol. The molecule has 1 aliphatic rings. The van der Waals surface area contributed by atoms with E-state index in [1.807, 2.05) is 19.1 Å². The summed E-state index contributed by atoms with van der Waals surface area (Å²) in [6.45, 7) is 1.96. The fourth-order valence-corrected chi connectivity index (χ4v) is 3.63. The first-order valence-electron chi connectivity index (χ1n) is 8.05. The lowest BCUT2D eigenvalue weighted by molar-refractivity contribution is -0.380. The van der Waals surface area contributed by atoms with E-state index in [0.717, 1.165) is 29.7 Å². The molecule has 2 aromatic rings. The van der Waals surface area contributed by atoms with Gasteiger partial charge in [-0.1, -0.05) is 30.6 Å². The van der Waals surface area contributed by atoms with E-state index < -0.39 is 4.92 Å².